The molecule has 1 aliphatic rings. The maximum Gasteiger partial charge on any atom is 0.253 e. The van der Waals surface area contributed by atoms with E-state index in [1.54, 1.807) is 36.8 Å². The number of amides is 1. The van der Waals surface area contributed by atoms with Gasteiger partial charge in [-0.05, 0) is 42.3 Å². The minimum atomic E-state index is -1.29. The molecule has 172 valence electrons. The van der Waals surface area contributed by atoms with E-state index >= 15 is 0 Å². The van der Waals surface area contributed by atoms with E-state index in [1.807, 2.05) is 12.1 Å². The molecule has 4 rings (SSSR count). The number of β-amino-alcohol motifs (C(OH)–C–C–N with tert-alkyl or cyclic N) is 1. The summed E-state index contributed by atoms with van der Waals surface area (Å²) >= 11 is 6.56. The van der Waals surface area contributed by atoms with Crippen molar-refractivity contribution in [3.8, 4) is 22.3 Å². The number of alkyl halides is 1. The molecule has 2 atom stereocenters. The number of piperidine rings is 1. The summed E-state index contributed by atoms with van der Waals surface area (Å²) in [5.74, 6) is -0.271. The molecular formula is C26H27ClFN3O2. The number of aliphatic hydroxyl groups is 1. The highest BCUT2D eigenvalue weighted by molar-refractivity contribution is 6.33. The largest absolute Gasteiger partial charge is 0.388 e. The van der Waals surface area contributed by atoms with E-state index in [-0.39, 0.29) is 30.8 Å². The monoisotopic (exact) mass is 467 g/mol. The van der Waals surface area contributed by atoms with E-state index in [0.717, 1.165) is 27.9 Å². The topological polar surface area (TPSA) is 66.3 Å². The van der Waals surface area contributed by atoms with Crippen molar-refractivity contribution in [2.75, 3.05) is 13.1 Å². The average Bonchev–Trinajstić information content (AvgIpc) is 2.80. The number of aliphatic hydroxyl groups excluding tert-OH is 1. The van der Waals surface area contributed by atoms with Crippen molar-refractivity contribution in [1.29, 1.82) is 0 Å². The lowest BCUT2D eigenvalue weighted by molar-refractivity contribution is 0.00580. The zero-order valence-corrected chi connectivity index (χ0v) is 19.7. The van der Waals surface area contributed by atoms with Gasteiger partial charge in [-0.2, -0.15) is 0 Å². The van der Waals surface area contributed by atoms with Gasteiger partial charge in [-0.3, -0.25) is 14.8 Å². The Morgan fingerprint density at radius 2 is 1.88 bits per heavy atom. The van der Waals surface area contributed by atoms with Crippen molar-refractivity contribution in [2.24, 2.45) is 0 Å². The number of pyridine rings is 2. The van der Waals surface area contributed by atoms with Gasteiger partial charge in [-0.25, -0.2) is 4.39 Å². The number of carbonyl (C=O) groups is 1. The van der Waals surface area contributed by atoms with Crippen molar-refractivity contribution < 1.29 is 14.3 Å². The smallest absolute Gasteiger partial charge is 0.253 e. The third kappa shape index (κ3) is 5.07. The van der Waals surface area contributed by atoms with Gasteiger partial charge in [0.25, 0.3) is 5.91 Å². The highest BCUT2D eigenvalue weighted by Crippen LogP contribution is 2.32. The van der Waals surface area contributed by atoms with E-state index < -0.39 is 12.3 Å². The van der Waals surface area contributed by atoms with Gasteiger partial charge in [0.15, 0.2) is 0 Å². The minimum Gasteiger partial charge on any atom is -0.388 e. The van der Waals surface area contributed by atoms with Crippen LogP contribution in [0, 0.1) is 0 Å². The average molecular weight is 468 g/mol. The highest BCUT2D eigenvalue weighted by Gasteiger charge is 2.30. The maximum atomic E-state index is 13.5. The van der Waals surface area contributed by atoms with Crippen LogP contribution >= 0.6 is 11.6 Å². The SMILES string of the molecule is CC(C)(C)c1cc(-c2cncc(-c3ccc(C(=O)N4CCC(F)C(O)C4)cc3Cl)c2)ccn1. The molecule has 1 fully saturated rings. The quantitative estimate of drug-likeness (QED) is 0.567. The van der Waals surface area contributed by atoms with Crippen LogP contribution in [0.1, 0.15) is 43.2 Å². The summed E-state index contributed by atoms with van der Waals surface area (Å²) in [7, 11) is 0. The fourth-order valence-corrected chi connectivity index (χ4v) is 4.21. The Labute approximate surface area is 198 Å². The number of nitrogens with zero attached hydrogens (tertiary/aromatic N) is 3. The van der Waals surface area contributed by atoms with Crippen LogP contribution in [0.15, 0.2) is 55.0 Å². The molecule has 1 aliphatic heterocycles. The first kappa shape index (κ1) is 23.3. The number of benzene rings is 1. The van der Waals surface area contributed by atoms with Crippen LogP contribution < -0.4 is 0 Å². The lowest BCUT2D eigenvalue weighted by atomic mass is 9.90. The Bertz CT molecular complexity index is 1180. The molecule has 2 aromatic heterocycles. The van der Waals surface area contributed by atoms with Gasteiger partial charge in [0, 0.05) is 70.1 Å². The predicted molar refractivity (Wildman–Crippen MR) is 128 cm³/mol. The second-order valence-corrected chi connectivity index (χ2v) is 9.87. The first-order chi connectivity index (χ1) is 15.6. The Hall–Kier alpha value is -2.83. The van der Waals surface area contributed by atoms with E-state index in [0.29, 0.717) is 10.6 Å². The van der Waals surface area contributed by atoms with Gasteiger partial charge in [-0.15, -0.1) is 0 Å². The molecule has 3 aromatic rings. The number of hydrogen-bond donors (Lipinski definition) is 1. The highest BCUT2D eigenvalue weighted by atomic mass is 35.5. The molecule has 3 heterocycles. The van der Waals surface area contributed by atoms with Gasteiger partial charge >= 0.3 is 0 Å². The molecule has 33 heavy (non-hydrogen) atoms. The molecule has 0 spiro atoms. The Morgan fingerprint density at radius 3 is 2.58 bits per heavy atom. The van der Waals surface area contributed by atoms with Crippen molar-refractivity contribution >= 4 is 17.5 Å². The lowest BCUT2D eigenvalue weighted by Gasteiger charge is -2.32. The van der Waals surface area contributed by atoms with Crippen LogP contribution in [0.25, 0.3) is 22.3 Å². The lowest BCUT2D eigenvalue weighted by Crippen LogP contribution is -2.47. The van der Waals surface area contributed by atoms with Crippen molar-refractivity contribution in [2.45, 2.75) is 44.9 Å². The van der Waals surface area contributed by atoms with Gasteiger partial charge in [0.1, 0.15) is 12.3 Å². The molecule has 2 unspecified atom stereocenters. The van der Waals surface area contributed by atoms with Crippen LogP contribution in [0.5, 0.6) is 0 Å². The minimum absolute atomic E-state index is 0.0200. The van der Waals surface area contributed by atoms with Crippen LogP contribution in [0.2, 0.25) is 5.02 Å². The molecule has 1 N–H and O–H groups in total. The van der Waals surface area contributed by atoms with Gasteiger partial charge < -0.3 is 10.0 Å². The number of rotatable bonds is 3. The standard InChI is InChI=1S/C26H27ClFN3O2/c1-26(2,3)24-12-16(6-8-30-24)18-10-19(14-29-13-18)20-5-4-17(11-21(20)27)25(33)31-9-7-22(28)23(32)15-31/h4-6,8,10-14,22-23,32H,7,9,15H2,1-3H3. The molecular weight excluding hydrogens is 441 g/mol. The Balaban J connectivity index is 1.60. The van der Waals surface area contributed by atoms with E-state index in [1.165, 1.54) is 4.90 Å². The zero-order chi connectivity index (χ0) is 23.8. The normalized spacial score (nSPS) is 18.9. The van der Waals surface area contributed by atoms with Crippen LogP contribution in [-0.4, -0.2) is 51.2 Å². The number of likely N-dealkylation sites (tertiary alicyclic amines) is 1. The number of halogens is 2. The van der Waals surface area contributed by atoms with Gasteiger partial charge in [-0.1, -0.05) is 38.4 Å². The first-order valence-corrected chi connectivity index (χ1v) is 11.3. The summed E-state index contributed by atoms with van der Waals surface area (Å²) in [5, 5.41) is 10.2. The van der Waals surface area contributed by atoms with E-state index in [2.05, 4.69) is 36.8 Å². The van der Waals surface area contributed by atoms with Crippen molar-refractivity contribution in [3.05, 3.63) is 71.3 Å². The summed E-state index contributed by atoms with van der Waals surface area (Å²) < 4.78 is 13.5. The molecule has 1 amide bonds. The second kappa shape index (κ2) is 9.20. The molecule has 0 radical (unpaired) electrons. The Kier molecular flexibility index (Phi) is 6.50. The predicted octanol–water partition coefficient (Wildman–Crippen LogP) is 5.31. The molecule has 5 nitrogen and oxygen atoms in total. The number of hydrogen-bond acceptors (Lipinski definition) is 4. The fraction of sp³-hybridized carbons (Fsp3) is 0.346. The first-order valence-electron chi connectivity index (χ1n) is 11.0. The zero-order valence-electron chi connectivity index (χ0n) is 18.9. The summed E-state index contributed by atoms with van der Waals surface area (Å²) in [6.45, 7) is 6.61. The Morgan fingerprint density at radius 1 is 1.12 bits per heavy atom. The van der Waals surface area contributed by atoms with Gasteiger partial charge in [0.05, 0.1) is 0 Å². The number of aromatic nitrogens is 2. The van der Waals surface area contributed by atoms with E-state index in [4.69, 9.17) is 11.6 Å². The molecule has 7 heteroatoms. The molecule has 1 saturated heterocycles. The van der Waals surface area contributed by atoms with E-state index in [9.17, 15) is 14.3 Å². The summed E-state index contributed by atoms with van der Waals surface area (Å²) in [6.07, 6.45) is 3.02. The van der Waals surface area contributed by atoms with Gasteiger partial charge in [0.2, 0.25) is 0 Å². The molecule has 0 bridgehead atoms. The maximum absolute atomic E-state index is 13.5. The third-order valence-electron chi connectivity index (χ3n) is 5.91. The molecule has 1 aromatic carbocycles. The van der Waals surface area contributed by atoms with Crippen molar-refractivity contribution in [1.82, 2.24) is 14.9 Å². The molecule has 0 aliphatic carbocycles. The third-order valence-corrected chi connectivity index (χ3v) is 6.23. The number of carbonyl (C=O) groups excluding carboxylic acids is 1. The van der Waals surface area contributed by atoms with Crippen LogP contribution in [0.4, 0.5) is 4.39 Å². The second-order valence-electron chi connectivity index (χ2n) is 9.46. The van der Waals surface area contributed by atoms with Crippen LogP contribution in [-0.2, 0) is 5.41 Å². The van der Waals surface area contributed by atoms with Crippen LogP contribution in [0.3, 0.4) is 0 Å². The van der Waals surface area contributed by atoms with Crippen molar-refractivity contribution in [3.63, 3.8) is 0 Å². The summed E-state index contributed by atoms with van der Waals surface area (Å²) in [6, 6.07) is 11.1. The molecule has 0 saturated carbocycles. The summed E-state index contributed by atoms with van der Waals surface area (Å²) in [4.78, 5) is 23.2. The fourth-order valence-electron chi connectivity index (χ4n) is 3.92. The summed E-state index contributed by atoms with van der Waals surface area (Å²) in [5.41, 5.74) is 4.88.